The van der Waals surface area contributed by atoms with Crippen molar-refractivity contribution >= 4 is 27.0 Å². The first-order chi connectivity index (χ1) is 16.4. The van der Waals surface area contributed by atoms with Crippen molar-refractivity contribution in [3.8, 4) is 0 Å². The van der Waals surface area contributed by atoms with Gasteiger partial charge in [0.2, 0.25) is 15.9 Å². The lowest BCUT2D eigenvalue weighted by molar-refractivity contribution is -0.132. The van der Waals surface area contributed by atoms with Crippen LogP contribution in [0.3, 0.4) is 0 Å². The minimum atomic E-state index is -3.55. The molecule has 0 aliphatic carbocycles. The van der Waals surface area contributed by atoms with Crippen molar-refractivity contribution in [2.75, 3.05) is 26.2 Å². The van der Waals surface area contributed by atoms with Crippen LogP contribution in [0.1, 0.15) is 38.7 Å². The minimum absolute atomic E-state index is 0.127. The molecule has 4 rings (SSSR count). The maximum Gasteiger partial charge on any atom is 0.243 e. The van der Waals surface area contributed by atoms with E-state index in [0.29, 0.717) is 37.5 Å². The van der Waals surface area contributed by atoms with Gasteiger partial charge in [-0.05, 0) is 48.9 Å². The summed E-state index contributed by atoms with van der Waals surface area (Å²) >= 11 is 0. The molecule has 34 heavy (non-hydrogen) atoms. The predicted octanol–water partition coefficient (Wildman–Crippen LogP) is 3.33. The molecule has 3 aromatic rings. The molecule has 0 spiro atoms. The number of likely N-dealkylation sites (tertiary alicyclic amines) is 1. The summed E-state index contributed by atoms with van der Waals surface area (Å²) in [6.07, 6.45) is 3.47. The van der Waals surface area contributed by atoms with E-state index in [1.165, 1.54) is 9.87 Å². The highest BCUT2D eigenvalue weighted by Crippen LogP contribution is 2.23. The minimum Gasteiger partial charge on any atom is -0.343 e. The van der Waals surface area contributed by atoms with Crippen LogP contribution >= 0.6 is 0 Å². The van der Waals surface area contributed by atoms with E-state index in [0.717, 1.165) is 37.9 Å². The van der Waals surface area contributed by atoms with Crippen LogP contribution in [-0.4, -0.2) is 64.7 Å². The zero-order chi connectivity index (χ0) is 24.1. The molecular formula is C25H33N5O3S. The molecule has 0 radical (unpaired) electrons. The van der Waals surface area contributed by atoms with Crippen molar-refractivity contribution in [2.24, 2.45) is 5.92 Å². The summed E-state index contributed by atoms with van der Waals surface area (Å²) in [5, 5.41) is 8.32. The van der Waals surface area contributed by atoms with Crippen LogP contribution in [0.5, 0.6) is 0 Å². The predicted molar refractivity (Wildman–Crippen MR) is 132 cm³/mol. The Morgan fingerprint density at radius 3 is 2.44 bits per heavy atom. The number of aryl methyl sites for hydroxylation is 1. The zero-order valence-electron chi connectivity index (χ0n) is 19.9. The van der Waals surface area contributed by atoms with Gasteiger partial charge in [0.05, 0.1) is 17.0 Å². The van der Waals surface area contributed by atoms with Crippen LogP contribution in [-0.2, 0) is 27.8 Å². The Bertz CT molecular complexity index is 1210. The first kappa shape index (κ1) is 24.3. The molecule has 0 saturated carbocycles. The van der Waals surface area contributed by atoms with E-state index in [-0.39, 0.29) is 10.8 Å². The molecule has 2 aromatic carbocycles. The number of benzene rings is 2. The SMILES string of the molecule is CCN(CC)S(=O)(=O)c1ccc2c(c1)nnn2CCC(=O)N1CCC(Cc2ccccc2)CC1. The fourth-order valence-corrected chi connectivity index (χ4v) is 6.16. The largest absolute Gasteiger partial charge is 0.343 e. The van der Waals surface area contributed by atoms with Gasteiger partial charge in [0.15, 0.2) is 0 Å². The number of carbonyl (C=O) groups is 1. The number of aromatic nitrogens is 3. The fraction of sp³-hybridized carbons (Fsp3) is 0.480. The Hall–Kier alpha value is -2.78. The van der Waals surface area contributed by atoms with E-state index in [1.54, 1.807) is 22.9 Å². The summed E-state index contributed by atoms with van der Waals surface area (Å²) in [4.78, 5) is 15.0. The molecule has 182 valence electrons. The Kier molecular flexibility index (Phi) is 7.63. The van der Waals surface area contributed by atoms with Crippen molar-refractivity contribution in [1.29, 1.82) is 0 Å². The lowest BCUT2D eigenvalue weighted by Crippen LogP contribution is -2.39. The molecule has 0 N–H and O–H groups in total. The second kappa shape index (κ2) is 10.7. The summed E-state index contributed by atoms with van der Waals surface area (Å²) in [7, 11) is -3.55. The number of fused-ring (bicyclic) bond motifs is 1. The summed E-state index contributed by atoms with van der Waals surface area (Å²) in [6.45, 7) is 6.46. The van der Waals surface area contributed by atoms with Crippen LogP contribution in [0.25, 0.3) is 11.0 Å². The van der Waals surface area contributed by atoms with Crippen LogP contribution in [0, 0.1) is 5.92 Å². The lowest BCUT2D eigenvalue weighted by Gasteiger charge is -2.32. The third-order valence-electron chi connectivity index (χ3n) is 6.70. The second-order valence-corrected chi connectivity index (χ2v) is 10.8. The Labute approximate surface area is 201 Å². The molecule has 8 nitrogen and oxygen atoms in total. The maximum atomic E-state index is 12.8. The van der Waals surface area contributed by atoms with E-state index in [1.807, 2.05) is 24.8 Å². The number of rotatable bonds is 9. The Morgan fingerprint density at radius 1 is 1.06 bits per heavy atom. The molecule has 1 saturated heterocycles. The average molecular weight is 484 g/mol. The smallest absolute Gasteiger partial charge is 0.243 e. The van der Waals surface area contributed by atoms with Crippen LogP contribution in [0.15, 0.2) is 53.4 Å². The van der Waals surface area contributed by atoms with Gasteiger partial charge in [0.25, 0.3) is 0 Å². The molecule has 1 aromatic heterocycles. The van der Waals surface area contributed by atoms with E-state index in [4.69, 9.17) is 0 Å². The first-order valence-corrected chi connectivity index (χ1v) is 13.5. The van der Waals surface area contributed by atoms with Crippen LogP contribution in [0.2, 0.25) is 0 Å². The highest BCUT2D eigenvalue weighted by molar-refractivity contribution is 7.89. The van der Waals surface area contributed by atoms with Gasteiger partial charge in [0.1, 0.15) is 5.52 Å². The van der Waals surface area contributed by atoms with Gasteiger partial charge in [0, 0.05) is 32.6 Å². The highest BCUT2D eigenvalue weighted by Gasteiger charge is 2.24. The molecular weight excluding hydrogens is 450 g/mol. The monoisotopic (exact) mass is 483 g/mol. The maximum absolute atomic E-state index is 12.8. The number of hydrogen-bond donors (Lipinski definition) is 0. The van der Waals surface area contributed by atoms with E-state index >= 15 is 0 Å². The Balaban J connectivity index is 1.33. The standard InChI is InChI=1S/C25H33N5O3S/c1-3-29(4-2)34(32,33)22-10-11-24-23(19-22)26-27-30(24)17-14-25(31)28-15-12-21(13-16-28)18-20-8-6-5-7-9-20/h5-11,19,21H,3-4,12-18H2,1-2H3. The van der Waals surface area contributed by atoms with Gasteiger partial charge < -0.3 is 4.90 Å². The summed E-state index contributed by atoms with van der Waals surface area (Å²) in [5.74, 6) is 0.745. The first-order valence-electron chi connectivity index (χ1n) is 12.1. The zero-order valence-corrected chi connectivity index (χ0v) is 20.7. The topological polar surface area (TPSA) is 88.4 Å². The van der Waals surface area contributed by atoms with E-state index in [2.05, 4.69) is 34.6 Å². The molecule has 9 heteroatoms. The molecule has 1 aliphatic rings. The van der Waals surface area contributed by atoms with Crippen molar-refractivity contribution in [3.05, 3.63) is 54.1 Å². The van der Waals surface area contributed by atoms with Gasteiger partial charge in [-0.2, -0.15) is 4.31 Å². The molecule has 0 unspecified atom stereocenters. The molecule has 1 amide bonds. The van der Waals surface area contributed by atoms with Crippen molar-refractivity contribution in [2.45, 2.75) is 51.0 Å². The third-order valence-corrected chi connectivity index (χ3v) is 8.75. The average Bonchev–Trinajstić information content (AvgIpc) is 3.26. The molecule has 2 heterocycles. The summed E-state index contributed by atoms with van der Waals surface area (Å²) in [5.41, 5.74) is 2.61. The Morgan fingerprint density at radius 2 is 1.76 bits per heavy atom. The third kappa shape index (κ3) is 5.31. The van der Waals surface area contributed by atoms with Gasteiger partial charge in [-0.3, -0.25) is 4.79 Å². The number of nitrogens with zero attached hydrogens (tertiary/aromatic N) is 5. The van der Waals surface area contributed by atoms with Crippen molar-refractivity contribution in [1.82, 2.24) is 24.2 Å². The normalized spacial score (nSPS) is 15.3. The van der Waals surface area contributed by atoms with E-state index < -0.39 is 10.0 Å². The van der Waals surface area contributed by atoms with Gasteiger partial charge in [-0.25, -0.2) is 13.1 Å². The second-order valence-electron chi connectivity index (χ2n) is 8.82. The molecule has 0 bridgehead atoms. The summed E-state index contributed by atoms with van der Waals surface area (Å²) in [6, 6.07) is 15.4. The number of sulfonamides is 1. The highest BCUT2D eigenvalue weighted by atomic mass is 32.2. The number of carbonyl (C=O) groups excluding carboxylic acids is 1. The molecule has 1 aliphatic heterocycles. The number of hydrogen-bond acceptors (Lipinski definition) is 5. The number of piperidine rings is 1. The molecule has 1 fully saturated rings. The van der Waals surface area contributed by atoms with Crippen molar-refractivity contribution < 1.29 is 13.2 Å². The van der Waals surface area contributed by atoms with Gasteiger partial charge >= 0.3 is 0 Å². The molecule has 0 atom stereocenters. The summed E-state index contributed by atoms with van der Waals surface area (Å²) < 4.78 is 28.7. The van der Waals surface area contributed by atoms with Crippen molar-refractivity contribution in [3.63, 3.8) is 0 Å². The van der Waals surface area contributed by atoms with E-state index in [9.17, 15) is 13.2 Å². The quantitative estimate of drug-likeness (QED) is 0.466. The van der Waals surface area contributed by atoms with Crippen LogP contribution < -0.4 is 0 Å². The van der Waals surface area contributed by atoms with Gasteiger partial charge in [-0.1, -0.05) is 49.4 Å². The number of amides is 1. The van der Waals surface area contributed by atoms with Crippen LogP contribution in [0.4, 0.5) is 0 Å². The van der Waals surface area contributed by atoms with Gasteiger partial charge in [-0.15, -0.1) is 5.10 Å². The fourth-order valence-electron chi connectivity index (χ4n) is 4.68. The lowest BCUT2D eigenvalue weighted by atomic mass is 9.90.